The van der Waals surface area contributed by atoms with Crippen molar-refractivity contribution in [2.75, 3.05) is 38.1 Å². The molecule has 2 aliphatic heterocycles. The lowest BCUT2D eigenvalue weighted by Crippen LogP contribution is -2.37. The number of pyridine rings is 1. The van der Waals surface area contributed by atoms with Crippen LogP contribution in [0.25, 0.3) is 0 Å². The van der Waals surface area contributed by atoms with E-state index in [0.717, 1.165) is 31.4 Å². The molecule has 110 valence electrons. The highest BCUT2D eigenvalue weighted by Crippen LogP contribution is 2.24. The molecule has 0 aliphatic carbocycles. The van der Waals surface area contributed by atoms with E-state index in [-0.39, 0.29) is 0 Å². The average molecular weight is 274 g/mol. The third kappa shape index (κ3) is 2.96. The first-order valence-corrected chi connectivity index (χ1v) is 7.87. The van der Waals surface area contributed by atoms with E-state index in [4.69, 9.17) is 4.98 Å². The smallest absolute Gasteiger partial charge is 0.129 e. The minimum absolute atomic E-state index is 0.743. The van der Waals surface area contributed by atoms with E-state index >= 15 is 0 Å². The van der Waals surface area contributed by atoms with Crippen LogP contribution in [0.3, 0.4) is 0 Å². The van der Waals surface area contributed by atoms with Crippen LogP contribution in [-0.4, -0.2) is 49.2 Å². The predicted molar refractivity (Wildman–Crippen MR) is 83.2 cm³/mol. The molecular formula is C16H26N4. The number of nitrogens with zero attached hydrogens (tertiary/aromatic N) is 3. The van der Waals surface area contributed by atoms with Crippen LogP contribution in [0, 0.1) is 6.92 Å². The fourth-order valence-corrected chi connectivity index (χ4v) is 3.60. The summed E-state index contributed by atoms with van der Waals surface area (Å²) >= 11 is 0. The van der Waals surface area contributed by atoms with E-state index in [0.29, 0.717) is 0 Å². The van der Waals surface area contributed by atoms with Crippen molar-refractivity contribution in [1.29, 1.82) is 0 Å². The molecule has 0 radical (unpaired) electrons. The SMILES string of the molecule is CNCc1cc(C)nc(N2CCCN3CCCC3C2)c1. The Morgan fingerprint density at radius 3 is 2.95 bits per heavy atom. The Bertz CT molecular complexity index is 460. The number of fused-ring (bicyclic) bond motifs is 1. The van der Waals surface area contributed by atoms with E-state index in [2.05, 4.69) is 34.2 Å². The molecule has 3 heterocycles. The lowest BCUT2D eigenvalue weighted by molar-refractivity contribution is 0.273. The molecule has 1 aromatic rings. The van der Waals surface area contributed by atoms with Gasteiger partial charge in [0.05, 0.1) is 0 Å². The van der Waals surface area contributed by atoms with E-state index in [1.54, 1.807) is 0 Å². The second-order valence-corrected chi connectivity index (χ2v) is 6.14. The highest BCUT2D eigenvalue weighted by Gasteiger charge is 2.29. The molecule has 0 spiro atoms. The molecule has 4 nitrogen and oxygen atoms in total. The highest BCUT2D eigenvalue weighted by atomic mass is 15.3. The molecule has 2 saturated heterocycles. The Hall–Kier alpha value is -1.13. The van der Waals surface area contributed by atoms with E-state index in [1.807, 2.05) is 7.05 Å². The Labute approximate surface area is 122 Å². The van der Waals surface area contributed by atoms with Gasteiger partial charge in [0.1, 0.15) is 5.82 Å². The van der Waals surface area contributed by atoms with Crippen molar-refractivity contribution in [2.24, 2.45) is 0 Å². The van der Waals surface area contributed by atoms with Gasteiger partial charge in [-0.2, -0.15) is 0 Å². The summed E-state index contributed by atoms with van der Waals surface area (Å²) in [5.41, 5.74) is 2.46. The monoisotopic (exact) mass is 274 g/mol. The first kappa shape index (κ1) is 13.8. The molecule has 0 bridgehead atoms. The summed E-state index contributed by atoms with van der Waals surface area (Å²) in [4.78, 5) is 9.95. The molecule has 1 N–H and O–H groups in total. The molecule has 2 aliphatic rings. The Morgan fingerprint density at radius 2 is 2.10 bits per heavy atom. The predicted octanol–water partition coefficient (Wildman–Crippen LogP) is 1.78. The number of rotatable bonds is 3. The van der Waals surface area contributed by atoms with Gasteiger partial charge in [0.2, 0.25) is 0 Å². The standard InChI is InChI=1S/C16H26N4/c1-13-9-14(11-17-2)10-16(18-13)20-8-4-7-19-6-3-5-15(19)12-20/h9-10,15,17H,3-8,11-12H2,1-2H3. The molecular weight excluding hydrogens is 248 g/mol. The van der Waals surface area contributed by atoms with Gasteiger partial charge in [-0.15, -0.1) is 0 Å². The van der Waals surface area contributed by atoms with Gasteiger partial charge in [0.15, 0.2) is 0 Å². The van der Waals surface area contributed by atoms with Crippen molar-refractivity contribution in [3.8, 4) is 0 Å². The van der Waals surface area contributed by atoms with Gasteiger partial charge in [0, 0.05) is 37.9 Å². The number of hydrogen-bond acceptors (Lipinski definition) is 4. The maximum Gasteiger partial charge on any atom is 0.129 e. The number of aromatic nitrogens is 1. The van der Waals surface area contributed by atoms with Crippen LogP contribution in [0.5, 0.6) is 0 Å². The van der Waals surface area contributed by atoms with Crippen molar-refractivity contribution in [1.82, 2.24) is 15.2 Å². The molecule has 20 heavy (non-hydrogen) atoms. The molecule has 1 unspecified atom stereocenters. The lowest BCUT2D eigenvalue weighted by Gasteiger charge is -2.27. The quantitative estimate of drug-likeness (QED) is 0.910. The second kappa shape index (κ2) is 6.10. The molecule has 0 aromatic carbocycles. The van der Waals surface area contributed by atoms with Crippen LogP contribution in [0.1, 0.15) is 30.5 Å². The molecule has 1 atom stereocenters. The first-order valence-electron chi connectivity index (χ1n) is 7.87. The summed E-state index contributed by atoms with van der Waals surface area (Å²) in [6.07, 6.45) is 3.98. The van der Waals surface area contributed by atoms with E-state index in [9.17, 15) is 0 Å². The summed E-state index contributed by atoms with van der Waals surface area (Å²) in [6, 6.07) is 5.18. The van der Waals surface area contributed by atoms with E-state index < -0.39 is 0 Å². The number of hydrogen-bond donors (Lipinski definition) is 1. The lowest BCUT2D eigenvalue weighted by atomic mass is 10.2. The highest BCUT2D eigenvalue weighted by molar-refractivity contribution is 5.43. The van der Waals surface area contributed by atoms with Crippen LogP contribution in [-0.2, 0) is 6.54 Å². The fraction of sp³-hybridized carbons (Fsp3) is 0.688. The van der Waals surface area contributed by atoms with E-state index in [1.165, 1.54) is 43.7 Å². The molecule has 3 rings (SSSR count). The van der Waals surface area contributed by atoms with Crippen molar-refractivity contribution in [3.05, 3.63) is 23.4 Å². The zero-order valence-electron chi connectivity index (χ0n) is 12.7. The Balaban J connectivity index is 1.80. The Kier molecular flexibility index (Phi) is 4.22. The summed E-state index contributed by atoms with van der Waals surface area (Å²) in [5, 5.41) is 3.24. The fourth-order valence-electron chi connectivity index (χ4n) is 3.60. The van der Waals surface area contributed by atoms with Gasteiger partial charge < -0.3 is 10.2 Å². The van der Waals surface area contributed by atoms with Crippen LogP contribution in [0.2, 0.25) is 0 Å². The zero-order chi connectivity index (χ0) is 13.9. The van der Waals surface area contributed by atoms with Gasteiger partial charge in [-0.25, -0.2) is 4.98 Å². The Morgan fingerprint density at radius 1 is 1.25 bits per heavy atom. The van der Waals surface area contributed by atoms with Gasteiger partial charge in [0.25, 0.3) is 0 Å². The van der Waals surface area contributed by atoms with Crippen molar-refractivity contribution in [3.63, 3.8) is 0 Å². The van der Waals surface area contributed by atoms with Crippen LogP contribution >= 0.6 is 0 Å². The number of nitrogens with one attached hydrogen (secondary N) is 1. The molecule has 4 heteroatoms. The van der Waals surface area contributed by atoms with Crippen molar-refractivity contribution >= 4 is 5.82 Å². The normalized spacial score (nSPS) is 23.7. The van der Waals surface area contributed by atoms with Gasteiger partial charge in [-0.3, -0.25) is 4.90 Å². The molecule has 0 amide bonds. The molecule has 0 saturated carbocycles. The number of aryl methyl sites for hydroxylation is 1. The second-order valence-electron chi connectivity index (χ2n) is 6.14. The molecule has 1 aromatic heterocycles. The summed E-state index contributed by atoms with van der Waals surface area (Å²) in [5.74, 6) is 1.17. The van der Waals surface area contributed by atoms with Crippen LogP contribution in [0.15, 0.2) is 12.1 Å². The minimum atomic E-state index is 0.743. The minimum Gasteiger partial charge on any atom is -0.355 e. The topological polar surface area (TPSA) is 31.4 Å². The molecule has 2 fully saturated rings. The summed E-state index contributed by atoms with van der Waals surface area (Å²) in [7, 11) is 2.00. The first-order chi connectivity index (χ1) is 9.76. The van der Waals surface area contributed by atoms with Crippen LogP contribution in [0.4, 0.5) is 5.82 Å². The third-order valence-corrected chi connectivity index (χ3v) is 4.51. The summed E-state index contributed by atoms with van der Waals surface area (Å²) in [6.45, 7) is 7.86. The van der Waals surface area contributed by atoms with Crippen molar-refractivity contribution in [2.45, 2.75) is 38.8 Å². The van der Waals surface area contributed by atoms with Gasteiger partial charge in [-0.1, -0.05) is 0 Å². The summed E-state index contributed by atoms with van der Waals surface area (Å²) < 4.78 is 0. The third-order valence-electron chi connectivity index (χ3n) is 4.51. The largest absolute Gasteiger partial charge is 0.355 e. The van der Waals surface area contributed by atoms with Crippen LogP contribution < -0.4 is 10.2 Å². The number of anilines is 1. The zero-order valence-corrected chi connectivity index (χ0v) is 12.7. The van der Waals surface area contributed by atoms with Gasteiger partial charge >= 0.3 is 0 Å². The van der Waals surface area contributed by atoms with Gasteiger partial charge in [-0.05, 0) is 57.5 Å². The van der Waals surface area contributed by atoms with Crippen molar-refractivity contribution < 1.29 is 0 Å². The maximum atomic E-state index is 4.78. The maximum absolute atomic E-state index is 4.78. The average Bonchev–Trinajstić information content (AvgIpc) is 2.75.